The molecule has 2 N–H and O–H groups in total. The van der Waals surface area contributed by atoms with Gasteiger partial charge in [-0.25, -0.2) is 4.39 Å². The first-order valence-electron chi connectivity index (χ1n) is 8.09. The number of rotatable bonds is 4. The number of benzene rings is 2. The smallest absolute Gasteiger partial charge is 0.197 e. The van der Waals surface area contributed by atoms with Gasteiger partial charge in [0.1, 0.15) is 5.75 Å². The summed E-state index contributed by atoms with van der Waals surface area (Å²) >= 11 is 0. The molecule has 1 heterocycles. The average molecular weight is 354 g/mol. The van der Waals surface area contributed by atoms with Crippen LogP contribution in [0.5, 0.6) is 17.2 Å². The Labute approximate surface area is 151 Å². The number of aromatic hydroxyl groups is 1. The Hall–Kier alpha value is -3.21. The molecule has 0 radical (unpaired) electrons. The molecular weight excluding hydrogens is 335 g/mol. The molecule has 134 valence electrons. The Bertz CT molecular complexity index is 881. The second kappa shape index (κ2) is 7.35. The van der Waals surface area contributed by atoms with E-state index in [1.54, 1.807) is 55.5 Å². The summed E-state index contributed by atoms with van der Waals surface area (Å²) in [6.07, 6.45) is 3.47. The van der Waals surface area contributed by atoms with Gasteiger partial charge >= 0.3 is 0 Å². The maximum absolute atomic E-state index is 14.1. The number of allylic oxidation sites excluding steroid dienone is 3. The molecule has 0 bridgehead atoms. The third-order valence-electron chi connectivity index (χ3n) is 3.92. The molecule has 2 aromatic carbocycles. The zero-order valence-corrected chi connectivity index (χ0v) is 14.2. The van der Waals surface area contributed by atoms with Crippen LogP contribution in [0.15, 0.2) is 78.6 Å². The monoisotopic (exact) mass is 354 g/mol. The summed E-state index contributed by atoms with van der Waals surface area (Å²) in [5, 5.41) is 19.0. The Kier molecular flexibility index (Phi) is 4.98. The number of phenols is 1. The van der Waals surface area contributed by atoms with Crippen molar-refractivity contribution >= 4 is 0 Å². The first-order valence-corrected chi connectivity index (χ1v) is 8.09. The van der Waals surface area contributed by atoms with Crippen LogP contribution in [0.25, 0.3) is 0 Å². The van der Waals surface area contributed by atoms with Crippen molar-refractivity contribution in [1.29, 1.82) is 0 Å². The van der Waals surface area contributed by atoms with Gasteiger partial charge in [-0.15, -0.1) is 0 Å². The minimum Gasteiger partial charge on any atom is -0.513 e. The molecule has 26 heavy (non-hydrogen) atoms. The fourth-order valence-electron chi connectivity index (χ4n) is 2.70. The predicted octanol–water partition coefficient (Wildman–Crippen LogP) is 4.99. The van der Waals surface area contributed by atoms with Crippen molar-refractivity contribution in [1.82, 2.24) is 0 Å². The van der Waals surface area contributed by atoms with Crippen LogP contribution in [0.1, 0.15) is 18.6 Å². The minimum absolute atomic E-state index is 0.0253. The van der Waals surface area contributed by atoms with Crippen molar-refractivity contribution in [2.24, 2.45) is 0 Å². The van der Waals surface area contributed by atoms with Crippen LogP contribution in [0.3, 0.4) is 0 Å². The topological polar surface area (TPSA) is 58.9 Å². The van der Waals surface area contributed by atoms with Gasteiger partial charge in [0.15, 0.2) is 29.5 Å². The number of para-hydroxylation sites is 1. The lowest BCUT2D eigenvalue weighted by molar-refractivity contribution is 0.0387. The lowest BCUT2D eigenvalue weighted by Gasteiger charge is -2.34. The molecule has 0 aliphatic carbocycles. The van der Waals surface area contributed by atoms with E-state index in [1.165, 1.54) is 12.1 Å². The highest BCUT2D eigenvalue weighted by Gasteiger charge is 2.35. The molecule has 0 aromatic heterocycles. The van der Waals surface area contributed by atoms with Crippen LogP contribution in [0.2, 0.25) is 0 Å². The summed E-state index contributed by atoms with van der Waals surface area (Å²) in [7, 11) is 0. The molecule has 4 nitrogen and oxygen atoms in total. The molecule has 3 rings (SSSR count). The van der Waals surface area contributed by atoms with Gasteiger partial charge in [0, 0.05) is 5.56 Å². The first kappa shape index (κ1) is 17.6. The lowest BCUT2D eigenvalue weighted by Crippen LogP contribution is -2.34. The largest absolute Gasteiger partial charge is 0.513 e. The summed E-state index contributed by atoms with van der Waals surface area (Å²) in [5.74, 6) is 0.0326. The summed E-state index contributed by atoms with van der Waals surface area (Å²) < 4.78 is 26.0. The highest BCUT2D eigenvalue weighted by molar-refractivity contribution is 5.46. The van der Waals surface area contributed by atoms with Gasteiger partial charge in [-0.05, 0) is 42.8 Å². The van der Waals surface area contributed by atoms with Gasteiger partial charge in [0.25, 0.3) is 0 Å². The van der Waals surface area contributed by atoms with Crippen molar-refractivity contribution < 1.29 is 24.1 Å². The molecule has 0 unspecified atom stereocenters. The molecule has 5 heteroatoms. The molecule has 1 aliphatic heterocycles. The Balaban J connectivity index is 1.99. The van der Waals surface area contributed by atoms with Crippen LogP contribution < -0.4 is 9.47 Å². The Morgan fingerprint density at radius 3 is 2.69 bits per heavy atom. The Morgan fingerprint density at radius 2 is 1.96 bits per heavy atom. The second-order valence-electron chi connectivity index (χ2n) is 5.98. The van der Waals surface area contributed by atoms with Crippen molar-refractivity contribution in [2.45, 2.75) is 19.1 Å². The molecular formula is C21H19FO4. The highest BCUT2D eigenvalue weighted by Crippen LogP contribution is 2.43. The summed E-state index contributed by atoms with van der Waals surface area (Å²) in [6.45, 7) is 5.54. The van der Waals surface area contributed by atoms with E-state index in [4.69, 9.17) is 9.47 Å². The number of hydrogen-bond acceptors (Lipinski definition) is 4. The molecule has 2 aromatic rings. The van der Waals surface area contributed by atoms with Gasteiger partial charge in [0.2, 0.25) is 0 Å². The molecule has 1 aliphatic rings. The van der Waals surface area contributed by atoms with E-state index in [2.05, 4.69) is 6.58 Å². The lowest BCUT2D eigenvalue weighted by atomic mass is 9.97. The van der Waals surface area contributed by atoms with E-state index >= 15 is 0 Å². The number of ether oxygens (including phenoxy) is 2. The fourth-order valence-corrected chi connectivity index (χ4v) is 2.70. The number of halogens is 1. The van der Waals surface area contributed by atoms with Gasteiger partial charge in [-0.1, -0.05) is 36.9 Å². The number of fused-ring (bicyclic) bond motifs is 1. The van der Waals surface area contributed by atoms with E-state index in [1.807, 2.05) is 0 Å². The summed E-state index contributed by atoms with van der Waals surface area (Å²) in [6, 6.07) is 11.1. The van der Waals surface area contributed by atoms with Gasteiger partial charge in [-0.2, -0.15) is 0 Å². The average Bonchev–Trinajstić information content (AvgIpc) is 2.60. The zero-order chi connectivity index (χ0) is 18.7. The summed E-state index contributed by atoms with van der Waals surface area (Å²) in [4.78, 5) is 0. The second-order valence-corrected chi connectivity index (χ2v) is 5.98. The number of phenolic OH excluding ortho intramolecular Hbond substituents is 1. The fraction of sp³-hybridized carbons (Fsp3) is 0.143. The predicted molar refractivity (Wildman–Crippen MR) is 97.0 cm³/mol. The van der Waals surface area contributed by atoms with Gasteiger partial charge in [0.05, 0.1) is 5.76 Å². The normalized spacial score (nSPS) is 19.5. The van der Waals surface area contributed by atoms with Crippen LogP contribution in [0.4, 0.5) is 4.39 Å². The van der Waals surface area contributed by atoms with Gasteiger partial charge in [-0.3, -0.25) is 0 Å². The van der Waals surface area contributed by atoms with E-state index < -0.39 is 18.0 Å². The van der Waals surface area contributed by atoms with Gasteiger partial charge < -0.3 is 19.7 Å². The quantitative estimate of drug-likeness (QED) is 0.600. The van der Waals surface area contributed by atoms with E-state index in [0.29, 0.717) is 11.1 Å². The van der Waals surface area contributed by atoms with Crippen molar-refractivity contribution in [3.8, 4) is 17.2 Å². The maximum Gasteiger partial charge on any atom is 0.197 e. The standard InChI is InChI=1S/C21H19FO4/c1-13(6-3-7-14(2)23)19-20(15-8-4-9-16(24)12-15)25-18-11-5-10-17(22)21(18)26-19/h3-12,19-20,23-24H,1H2,2H3/b6-3-,14-7+/t19-,20+/m1/s1. The molecule has 0 saturated heterocycles. The highest BCUT2D eigenvalue weighted by atomic mass is 19.1. The summed E-state index contributed by atoms with van der Waals surface area (Å²) in [5.41, 5.74) is 1.21. The molecule has 0 spiro atoms. The zero-order valence-electron chi connectivity index (χ0n) is 14.2. The number of aliphatic hydroxyl groups is 1. The number of aliphatic hydroxyl groups excluding tert-OH is 1. The van der Waals surface area contributed by atoms with Crippen LogP contribution in [0, 0.1) is 5.82 Å². The van der Waals surface area contributed by atoms with Crippen molar-refractivity contribution in [2.75, 3.05) is 0 Å². The van der Waals surface area contributed by atoms with E-state index in [0.717, 1.165) is 0 Å². The minimum atomic E-state index is -0.704. The van der Waals surface area contributed by atoms with E-state index in [9.17, 15) is 14.6 Å². The van der Waals surface area contributed by atoms with Crippen LogP contribution in [-0.2, 0) is 0 Å². The van der Waals surface area contributed by atoms with Crippen molar-refractivity contribution in [3.05, 3.63) is 90.0 Å². The van der Waals surface area contributed by atoms with Crippen LogP contribution >= 0.6 is 0 Å². The third-order valence-corrected chi connectivity index (χ3v) is 3.92. The van der Waals surface area contributed by atoms with E-state index in [-0.39, 0.29) is 23.0 Å². The van der Waals surface area contributed by atoms with Crippen molar-refractivity contribution in [3.63, 3.8) is 0 Å². The van der Waals surface area contributed by atoms with Crippen LogP contribution in [-0.4, -0.2) is 16.3 Å². The molecule has 0 amide bonds. The molecule has 0 saturated carbocycles. The third kappa shape index (κ3) is 3.72. The molecule has 2 atom stereocenters. The maximum atomic E-state index is 14.1. The SMILES string of the molecule is C=C(/C=C\C=C(/C)O)[C@H]1Oc2c(F)cccc2O[C@H]1c1cccc(O)c1. The first-order chi connectivity index (χ1) is 12.5. The Morgan fingerprint density at radius 1 is 1.19 bits per heavy atom. The molecule has 0 fully saturated rings. The number of hydrogen-bond donors (Lipinski definition) is 2.